The van der Waals surface area contributed by atoms with Crippen LogP contribution in [0.15, 0.2) is 30.3 Å². The fourth-order valence-electron chi connectivity index (χ4n) is 1.42. The van der Waals surface area contributed by atoms with Crippen molar-refractivity contribution >= 4 is 6.29 Å². The maximum atomic E-state index is 10.0. The van der Waals surface area contributed by atoms with E-state index in [0.717, 1.165) is 18.3 Å². The van der Waals surface area contributed by atoms with Gasteiger partial charge in [0, 0.05) is 12.2 Å². The van der Waals surface area contributed by atoms with Crippen LogP contribution in [0.3, 0.4) is 0 Å². The maximum absolute atomic E-state index is 10.0. The zero-order valence-corrected chi connectivity index (χ0v) is 10.8. The van der Waals surface area contributed by atoms with Crippen molar-refractivity contribution < 1.29 is 9.90 Å². The Morgan fingerprint density at radius 1 is 1.00 bits per heavy atom. The Morgan fingerprint density at radius 2 is 1.59 bits per heavy atom. The van der Waals surface area contributed by atoms with E-state index in [0.29, 0.717) is 6.61 Å². The van der Waals surface area contributed by atoms with E-state index in [9.17, 15) is 4.79 Å². The maximum Gasteiger partial charge on any atom is 0.150 e. The van der Waals surface area contributed by atoms with Gasteiger partial charge in [0.05, 0.1) is 0 Å². The first-order valence-corrected chi connectivity index (χ1v) is 6.46. The fraction of sp³-hybridized carbons (Fsp3) is 0.533. The van der Waals surface area contributed by atoms with Gasteiger partial charge in [0.15, 0.2) is 0 Å². The van der Waals surface area contributed by atoms with Crippen LogP contribution in [0.2, 0.25) is 0 Å². The third-order valence-corrected chi connectivity index (χ3v) is 2.45. The summed E-state index contributed by atoms with van der Waals surface area (Å²) in [5.74, 6) is 0. The van der Waals surface area contributed by atoms with Crippen LogP contribution in [0, 0.1) is 0 Å². The van der Waals surface area contributed by atoms with Gasteiger partial charge in [0.25, 0.3) is 0 Å². The van der Waals surface area contributed by atoms with Crippen molar-refractivity contribution in [2.45, 2.75) is 45.4 Å². The molecule has 0 saturated heterocycles. The van der Waals surface area contributed by atoms with Gasteiger partial charge in [-0.15, -0.1) is 0 Å². The Hall–Kier alpha value is -1.15. The topological polar surface area (TPSA) is 37.3 Å². The molecular weight excluding hydrogens is 212 g/mol. The number of aliphatic hydroxyl groups is 1. The van der Waals surface area contributed by atoms with Crippen molar-refractivity contribution in [1.82, 2.24) is 0 Å². The molecule has 0 unspecified atom stereocenters. The van der Waals surface area contributed by atoms with Gasteiger partial charge >= 0.3 is 0 Å². The number of aldehydes is 1. The summed E-state index contributed by atoms with van der Waals surface area (Å²) in [6, 6.07) is 9.10. The van der Waals surface area contributed by atoms with Crippen LogP contribution >= 0.6 is 0 Å². The molecule has 0 heterocycles. The summed E-state index contributed by atoms with van der Waals surface area (Å²) in [6.07, 6.45) is 8.33. The lowest BCUT2D eigenvalue weighted by atomic mass is 10.1. The largest absolute Gasteiger partial charge is 0.396 e. The highest BCUT2D eigenvalue weighted by Crippen LogP contribution is 2.03. The molecule has 1 rings (SSSR count). The van der Waals surface area contributed by atoms with Crippen LogP contribution in [-0.2, 0) is 0 Å². The Morgan fingerprint density at radius 3 is 2.06 bits per heavy atom. The van der Waals surface area contributed by atoms with Gasteiger partial charge in [0.1, 0.15) is 6.29 Å². The Kier molecular flexibility index (Phi) is 12.0. The first kappa shape index (κ1) is 15.9. The molecule has 0 aromatic heterocycles. The van der Waals surface area contributed by atoms with Crippen LogP contribution < -0.4 is 0 Å². The summed E-state index contributed by atoms with van der Waals surface area (Å²) in [7, 11) is 0. The second-order valence-electron chi connectivity index (χ2n) is 4.02. The summed E-state index contributed by atoms with van der Waals surface area (Å²) in [6.45, 7) is 2.58. The van der Waals surface area contributed by atoms with Crippen LogP contribution in [0.4, 0.5) is 0 Å². The molecular formula is C15H24O2. The zero-order valence-electron chi connectivity index (χ0n) is 10.8. The van der Waals surface area contributed by atoms with Crippen LogP contribution in [0.1, 0.15) is 55.8 Å². The molecule has 1 aromatic rings. The molecule has 0 amide bonds. The van der Waals surface area contributed by atoms with Gasteiger partial charge in [-0.05, 0) is 6.42 Å². The Labute approximate surface area is 105 Å². The van der Waals surface area contributed by atoms with E-state index in [1.165, 1.54) is 32.1 Å². The van der Waals surface area contributed by atoms with Gasteiger partial charge in [0.2, 0.25) is 0 Å². The van der Waals surface area contributed by atoms with Crippen LogP contribution in [0.25, 0.3) is 0 Å². The number of hydrogen-bond acceptors (Lipinski definition) is 2. The first-order chi connectivity index (χ1) is 8.35. The number of aliphatic hydroxyl groups excluding tert-OH is 1. The fourth-order valence-corrected chi connectivity index (χ4v) is 1.42. The number of rotatable bonds is 7. The van der Waals surface area contributed by atoms with E-state index in [2.05, 4.69) is 6.92 Å². The van der Waals surface area contributed by atoms with Crippen LogP contribution in [0.5, 0.6) is 0 Å². The number of benzene rings is 1. The molecule has 0 aliphatic heterocycles. The standard InChI is InChI=1S/C8H18O.C7H6O/c1-2-3-4-5-6-7-8-9;8-6-7-4-2-1-3-5-7/h9H,2-8H2,1H3;1-6H. The number of unbranched alkanes of at least 4 members (excludes halogenated alkanes) is 5. The van der Waals surface area contributed by atoms with Gasteiger partial charge in [-0.3, -0.25) is 4.79 Å². The molecule has 1 aromatic carbocycles. The predicted octanol–water partition coefficient (Wildman–Crippen LogP) is 3.84. The van der Waals surface area contributed by atoms with Gasteiger partial charge in [-0.2, -0.15) is 0 Å². The van der Waals surface area contributed by atoms with E-state index in [1.807, 2.05) is 18.2 Å². The van der Waals surface area contributed by atoms with E-state index in [-0.39, 0.29) is 0 Å². The number of carbonyl (C=O) groups is 1. The molecule has 0 spiro atoms. The van der Waals surface area contributed by atoms with Crippen molar-refractivity contribution in [3.63, 3.8) is 0 Å². The van der Waals surface area contributed by atoms with E-state index in [1.54, 1.807) is 12.1 Å². The highest BCUT2D eigenvalue weighted by atomic mass is 16.2. The highest BCUT2D eigenvalue weighted by molar-refractivity contribution is 5.74. The van der Waals surface area contributed by atoms with Gasteiger partial charge in [-0.25, -0.2) is 0 Å². The number of carbonyl (C=O) groups excluding carboxylic acids is 1. The van der Waals surface area contributed by atoms with Crippen molar-refractivity contribution in [3.8, 4) is 0 Å². The SMILES string of the molecule is CCCCCCCCO.O=Cc1ccccc1. The van der Waals surface area contributed by atoms with Crippen LogP contribution in [-0.4, -0.2) is 18.0 Å². The molecule has 17 heavy (non-hydrogen) atoms. The van der Waals surface area contributed by atoms with E-state index in [4.69, 9.17) is 5.11 Å². The van der Waals surface area contributed by atoms with Gasteiger partial charge < -0.3 is 5.11 Å². The molecule has 0 aliphatic rings. The average molecular weight is 236 g/mol. The minimum absolute atomic E-state index is 0.367. The predicted molar refractivity (Wildman–Crippen MR) is 72.3 cm³/mol. The average Bonchev–Trinajstić information content (AvgIpc) is 2.40. The molecule has 0 saturated carbocycles. The third-order valence-electron chi connectivity index (χ3n) is 2.45. The normalized spacial score (nSPS) is 9.29. The Balaban J connectivity index is 0.000000302. The molecule has 1 N–H and O–H groups in total. The molecule has 0 radical (unpaired) electrons. The van der Waals surface area contributed by atoms with Gasteiger partial charge in [-0.1, -0.05) is 69.4 Å². The molecule has 96 valence electrons. The monoisotopic (exact) mass is 236 g/mol. The summed E-state index contributed by atoms with van der Waals surface area (Å²) in [4.78, 5) is 10.0. The molecule has 0 atom stereocenters. The smallest absolute Gasteiger partial charge is 0.150 e. The van der Waals surface area contributed by atoms with Crippen molar-refractivity contribution in [2.75, 3.05) is 6.61 Å². The third kappa shape index (κ3) is 11.1. The lowest BCUT2D eigenvalue weighted by Crippen LogP contribution is -1.82. The summed E-state index contributed by atoms with van der Waals surface area (Å²) >= 11 is 0. The molecule has 0 fully saturated rings. The molecule has 2 nitrogen and oxygen atoms in total. The quantitative estimate of drug-likeness (QED) is 0.577. The minimum Gasteiger partial charge on any atom is -0.396 e. The lowest BCUT2D eigenvalue weighted by Gasteiger charge is -1.95. The molecule has 0 bridgehead atoms. The molecule has 2 heteroatoms. The van der Waals surface area contributed by atoms with E-state index >= 15 is 0 Å². The first-order valence-electron chi connectivity index (χ1n) is 6.46. The number of hydrogen-bond donors (Lipinski definition) is 1. The Bertz CT molecular complexity index is 251. The lowest BCUT2D eigenvalue weighted by molar-refractivity contribution is 0.112. The second kappa shape index (κ2) is 12.9. The highest BCUT2D eigenvalue weighted by Gasteiger charge is 1.86. The molecule has 0 aliphatic carbocycles. The van der Waals surface area contributed by atoms with Crippen molar-refractivity contribution in [1.29, 1.82) is 0 Å². The van der Waals surface area contributed by atoms with Crippen molar-refractivity contribution in [3.05, 3.63) is 35.9 Å². The summed E-state index contributed by atoms with van der Waals surface area (Å²) in [5.41, 5.74) is 0.729. The second-order valence-corrected chi connectivity index (χ2v) is 4.02. The minimum atomic E-state index is 0.367. The summed E-state index contributed by atoms with van der Waals surface area (Å²) in [5, 5.41) is 8.42. The summed E-state index contributed by atoms with van der Waals surface area (Å²) < 4.78 is 0. The van der Waals surface area contributed by atoms with Crippen molar-refractivity contribution in [2.24, 2.45) is 0 Å². The zero-order chi connectivity index (χ0) is 12.8. The van der Waals surface area contributed by atoms with E-state index < -0.39 is 0 Å².